The van der Waals surface area contributed by atoms with E-state index in [2.05, 4.69) is 21.8 Å². The van der Waals surface area contributed by atoms with Gasteiger partial charge in [-0.15, -0.1) is 0 Å². The Morgan fingerprint density at radius 1 is 1.00 bits per heavy atom. The van der Waals surface area contributed by atoms with Gasteiger partial charge in [0, 0.05) is 55.5 Å². The molecule has 1 aromatic heterocycles. The predicted octanol–water partition coefficient (Wildman–Crippen LogP) is 3.78. The minimum atomic E-state index is -0.815. The van der Waals surface area contributed by atoms with Crippen LogP contribution in [-0.4, -0.2) is 67.0 Å². The maximum atomic E-state index is 13.4. The number of carbonyl (C=O) groups excluding carboxylic acids is 2. The van der Waals surface area contributed by atoms with Crippen LogP contribution in [0.3, 0.4) is 0 Å². The van der Waals surface area contributed by atoms with E-state index in [1.54, 1.807) is 43.8 Å². The molecule has 8 heteroatoms. The van der Waals surface area contributed by atoms with Gasteiger partial charge in [0.1, 0.15) is 11.5 Å². The molecule has 0 spiro atoms. The van der Waals surface area contributed by atoms with E-state index < -0.39 is 17.7 Å². The van der Waals surface area contributed by atoms with Crippen molar-refractivity contribution in [2.24, 2.45) is 0 Å². The maximum absolute atomic E-state index is 13.4. The Kier molecular flexibility index (Phi) is 6.67. The van der Waals surface area contributed by atoms with Gasteiger partial charge in [-0.25, -0.2) is 0 Å². The van der Waals surface area contributed by atoms with Crippen LogP contribution < -0.4 is 14.5 Å². The zero-order chi connectivity index (χ0) is 26.1. The number of likely N-dealkylation sites (N-methyl/N-ethyl adjacent to an activating group) is 1. The Morgan fingerprint density at radius 2 is 1.70 bits per heavy atom. The molecule has 190 valence electrons. The van der Waals surface area contributed by atoms with Crippen LogP contribution in [0.4, 0.5) is 11.4 Å². The summed E-state index contributed by atoms with van der Waals surface area (Å²) in [7, 11) is 3.68. The topological polar surface area (TPSA) is 86.2 Å². The van der Waals surface area contributed by atoms with Gasteiger partial charge in [-0.05, 0) is 73.6 Å². The number of methoxy groups -OCH3 is 1. The van der Waals surface area contributed by atoms with Crippen molar-refractivity contribution >= 4 is 28.8 Å². The van der Waals surface area contributed by atoms with Crippen molar-refractivity contribution in [1.82, 2.24) is 9.88 Å². The lowest BCUT2D eigenvalue weighted by Gasteiger charge is -2.34. The van der Waals surface area contributed by atoms with Gasteiger partial charge in [-0.2, -0.15) is 0 Å². The van der Waals surface area contributed by atoms with Crippen molar-refractivity contribution < 1.29 is 19.4 Å². The van der Waals surface area contributed by atoms with Crippen molar-refractivity contribution in [3.05, 3.63) is 89.3 Å². The summed E-state index contributed by atoms with van der Waals surface area (Å²) < 4.78 is 5.28. The van der Waals surface area contributed by atoms with Gasteiger partial charge in [0.15, 0.2) is 0 Å². The number of rotatable bonds is 5. The highest BCUT2D eigenvalue weighted by atomic mass is 16.5. The molecule has 0 aliphatic carbocycles. The molecule has 5 rings (SSSR count). The van der Waals surface area contributed by atoms with E-state index in [0.717, 1.165) is 37.4 Å². The summed E-state index contributed by atoms with van der Waals surface area (Å²) in [6, 6.07) is 15.6. The number of aliphatic hydroxyl groups is 1. The first kappa shape index (κ1) is 24.5. The van der Waals surface area contributed by atoms with Gasteiger partial charge in [-0.1, -0.05) is 6.07 Å². The summed E-state index contributed by atoms with van der Waals surface area (Å²) in [5, 5.41) is 11.4. The van der Waals surface area contributed by atoms with E-state index in [0.29, 0.717) is 22.6 Å². The number of Topliss-reactive ketones (excluding diaryl/α,β-unsaturated/α-hetero) is 1. The quantitative estimate of drug-likeness (QED) is 0.326. The van der Waals surface area contributed by atoms with Crippen LogP contribution >= 0.6 is 0 Å². The number of ether oxygens (including phenoxy) is 1. The minimum absolute atomic E-state index is 0.0365. The van der Waals surface area contributed by atoms with Gasteiger partial charge in [0.2, 0.25) is 0 Å². The molecule has 2 aliphatic heterocycles. The molecule has 2 aromatic carbocycles. The summed E-state index contributed by atoms with van der Waals surface area (Å²) in [4.78, 5) is 37.1. The molecular weight excluding hydrogens is 468 g/mol. The fourth-order valence-electron chi connectivity index (χ4n) is 5.01. The predicted molar refractivity (Wildman–Crippen MR) is 143 cm³/mol. The molecule has 1 N–H and O–H groups in total. The van der Waals surface area contributed by atoms with Gasteiger partial charge < -0.3 is 19.6 Å². The molecule has 0 radical (unpaired) electrons. The van der Waals surface area contributed by atoms with Crippen LogP contribution in [0, 0.1) is 6.92 Å². The van der Waals surface area contributed by atoms with Gasteiger partial charge in [-0.3, -0.25) is 19.5 Å². The van der Waals surface area contributed by atoms with Crippen molar-refractivity contribution in [2.45, 2.75) is 13.0 Å². The number of ketones is 1. The molecule has 3 heterocycles. The monoisotopic (exact) mass is 498 g/mol. The van der Waals surface area contributed by atoms with Gasteiger partial charge in [0.25, 0.3) is 11.7 Å². The number of aryl methyl sites for hydroxylation is 1. The second-order valence-corrected chi connectivity index (χ2v) is 9.44. The molecule has 1 atom stereocenters. The van der Waals surface area contributed by atoms with Crippen LogP contribution in [0.2, 0.25) is 0 Å². The van der Waals surface area contributed by atoms with E-state index in [4.69, 9.17) is 4.74 Å². The summed E-state index contributed by atoms with van der Waals surface area (Å²) in [5.74, 6) is -0.999. The van der Waals surface area contributed by atoms with E-state index >= 15 is 0 Å². The number of anilines is 2. The van der Waals surface area contributed by atoms with E-state index in [9.17, 15) is 14.7 Å². The summed E-state index contributed by atoms with van der Waals surface area (Å²) in [5.41, 5.74) is 3.52. The lowest BCUT2D eigenvalue weighted by atomic mass is 9.94. The van der Waals surface area contributed by atoms with E-state index in [-0.39, 0.29) is 11.3 Å². The van der Waals surface area contributed by atoms with Gasteiger partial charge in [0.05, 0.1) is 18.7 Å². The largest absolute Gasteiger partial charge is 0.507 e. The third-order valence-electron chi connectivity index (χ3n) is 7.13. The lowest BCUT2D eigenvalue weighted by molar-refractivity contribution is -0.132. The number of aliphatic hydroxyl groups excluding tert-OH is 1. The van der Waals surface area contributed by atoms with E-state index in [1.165, 1.54) is 4.90 Å². The summed E-state index contributed by atoms with van der Waals surface area (Å²) in [6.07, 6.45) is 3.25. The fourth-order valence-corrected chi connectivity index (χ4v) is 5.01. The molecule has 8 nitrogen and oxygen atoms in total. The smallest absolute Gasteiger partial charge is 0.300 e. The molecule has 1 amide bonds. The molecule has 2 aliphatic rings. The number of benzene rings is 2. The molecule has 2 saturated heterocycles. The summed E-state index contributed by atoms with van der Waals surface area (Å²) >= 11 is 0. The molecule has 3 aromatic rings. The highest BCUT2D eigenvalue weighted by Gasteiger charge is 2.47. The maximum Gasteiger partial charge on any atom is 0.300 e. The first-order valence-corrected chi connectivity index (χ1v) is 12.3. The number of nitrogens with zero attached hydrogens (tertiary/aromatic N) is 4. The lowest BCUT2D eigenvalue weighted by Crippen LogP contribution is -2.44. The molecule has 0 bridgehead atoms. The fraction of sp³-hybridized carbons (Fsp3) is 0.276. The molecule has 37 heavy (non-hydrogen) atoms. The van der Waals surface area contributed by atoms with Crippen molar-refractivity contribution in [3.63, 3.8) is 0 Å². The zero-order valence-corrected chi connectivity index (χ0v) is 21.2. The van der Waals surface area contributed by atoms with E-state index in [1.807, 2.05) is 37.3 Å². The van der Waals surface area contributed by atoms with Gasteiger partial charge >= 0.3 is 0 Å². The number of aromatic nitrogens is 1. The number of pyridine rings is 1. The van der Waals surface area contributed by atoms with Crippen molar-refractivity contribution in [3.8, 4) is 5.75 Å². The zero-order valence-electron chi connectivity index (χ0n) is 21.2. The third-order valence-corrected chi connectivity index (χ3v) is 7.13. The van der Waals surface area contributed by atoms with Crippen LogP contribution in [0.1, 0.15) is 22.7 Å². The normalized spacial score (nSPS) is 19.9. The van der Waals surface area contributed by atoms with Crippen LogP contribution in [0.5, 0.6) is 5.75 Å². The molecular formula is C29H30N4O4. The van der Waals surface area contributed by atoms with Crippen LogP contribution in [0.25, 0.3) is 5.76 Å². The Labute approximate surface area is 216 Å². The number of amides is 1. The Morgan fingerprint density at radius 3 is 2.32 bits per heavy atom. The number of hydrogen-bond acceptors (Lipinski definition) is 7. The van der Waals surface area contributed by atoms with Crippen molar-refractivity contribution in [1.29, 1.82) is 0 Å². The SMILES string of the molecule is COc1ccc(/C(O)=C2/C(=O)C(=O)N(c3ccc(N4CCN(C)CC4)cc3)C2c2cccnc2)c(C)c1. The molecule has 2 fully saturated rings. The third kappa shape index (κ3) is 4.56. The Balaban J connectivity index is 1.57. The Bertz CT molecular complexity index is 1350. The highest BCUT2D eigenvalue weighted by molar-refractivity contribution is 6.51. The molecule has 1 unspecified atom stereocenters. The summed E-state index contributed by atoms with van der Waals surface area (Å²) in [6.45, 7) is 5.66. The Hall–Kier alpha value is -4.17. The van der Waals surface area contributed by atoms with Crippen molar-refractivity contribution in [2.75, 3.05) is 50.1 Å². The second-order valence-electron chi connectivity index (χ2n) is 9.44. The number of carbonyl (C=O) groups is 2. The standard InChI is InChI=1S/C29H30N4O4/c1-19-17-23(37-3)10-11-24(19)27(34)25-26(20-5-4-12-30-18-20)33(29(36)28(25)35)22-8-6-21(7-9-22)32-15-13-31(2)14-16-32/h4-12,17-18,26,34H,13-16H2,1-3H3/b27-25-. The number of hydrogen-bond donors (Lipinski definition) is 1. The minimum Gasteiger partial charge on any atom is -0.507 e. The second kappa shape index (κ2) is 10.1. The number of piperazine rings is 1. The van der Waals surface area contributed by atoms with Crippen LogP contribution in [0.15, 0.2) is 72.6 Å². The highest BCUT2D eigenvalue weighted by Crippen LogP contribution is 2.42. The average molecular weight is 499 g/mol. The molecule has 0 saturated carbocycles. The van der Waals surface area contributed by atoms with Crippen LogP contribution in [-0.2, 0) is 9.59 Å². The average Bonchev–Trinajstić information content (AvgIpc) is 3.19. The first-order valence-electron chi connectivity index (χ1n) is 12.3. The first-order chi connectivity index (χ1) is 17.9.